The van der Waals surface area contributed by atoms with Crippen molar-refractivity contribution in [3.05, 3.63) is 138 Å². The largest absolute Gasteiger partial charge is 0.355 e. The van der Waals surface area contributed by atoms with Crippen LogP contribution in [0, 0.1) is 0 Å². The molecule has 3 heterocycles. The number of halogens is 1. The number of aromatic nitrogens is 2. The van der Waals surface area contributed by atoms with Gasteiger partial charge in [0.15, 0.2) is 0 Å². The first-order valence-electron chi connectivity index (χ1n) is 10.9. The lowest BCUT2D eigenvalue weighted by molar-refractivity contribution is 1.37. The molecule has 166 valence electrons. The Labute approximate surface area is 216 Å². The summed E-state index contributed by atoms with van der Waals surface area (Å²) in [6.45, 7) is 0. The topological polar surface area (TPSA) is 37.8 Å². The second-order valence-corrected chi connectivity index (χ2v) is 7.65. The van der Waals surface area contributed by atoms with Crippen molar-refractivity contribution >= 4 is 63.6 Å². The first kappa shape index (κ1) is 23.4. The summed E-state index contributed by atoms with van der Waals surface area (Å²) in [5.74, 6) is 0. The third-order valence-corrected chi connectivity index (χ3v) is 5.36. The maximum Gasteiger partial charge on any atom is 0.0709 e. The minimum Gasteiger partial charge on any atom is -0.355 e. The summed E-state index contributed by atoms with van der Waals surface area (Å²) >= 11 is 0. The van der Waals surface area contributed by atoms with Crippen LogP contribution < -0.4 is 5.32 Å². The molecular weight excluding hydrogens is 529 g/mol. The fraction of sp³-hybridized carbons (Fsp3) is 0. The fourth-order valence-corrected chi connectivity index (χ4v) is 3.67. The van der Waals surface area contributed by atoms with Gasteiger partial charge in [-0.25, -0.2) is 4.98 Å². The van der Waals surface area contributed by atoms with Gasteiger partial charge in [0.1, 0.15) is 0 Å². The number of rotatable bonds is 2. The van der Waals surface area contributed by atoms with Crippen LogP contribution >= 0.6 is 24.0 Å². The van der Waals surface area contributed by atoms with Crippen molar-refractivity contribution in [3.63, 3.8) is 0 Å². The zero-order chi connectivity index (χ0) is 22.3. The Kier molecular flexibility index (Phi) is 7.83. The SMILES string of the molecule is C(=Cc1ccc2ccccc2n1)C=C1C=Cc2ccccc2N1.I.c1ccc2ncccc2c1. The molecule has 0 atom stereocenters. The maximum atomic E-state index is 4.64. The lowest BCUT2D eigenvalue weighted by Gasteiger charge is -2.14. The van der Waals surface area contributed by atoms with E-state index in [-0.39, 0.29) is 24.0 Å². The Hall–Kier alpha value is -3.77. The van der Waals surface area contributed by atoms with Crippen LogP contribution in [0.3, 0.4) is 0 Å². The highest BCUT2D eigenvalue weighted by Crippen LogP contribution is 2.24. The molecule has 0 spiro atoms. The summed E-state index contributed by atoms with van der Waals surface area (Å²) < 4.78 is 0. The number of benzene rings is 3. The van der Waals surface area contributed by atoms with Crippen LogP contribution in [0.25, 0.3) is 34.0 Å². The monoisotopic (exact) mass is 553 g/mol. The molecule has 34 heavy (non-hydrogen) atoms. The van der Waals surface area contributed by atoms with E-state index < -0.39 is 0 Å². The Bertz CT molecular complexity index is 1440. The highest BCUT2D eigenvalue weighted by atomic mass is 127. The molecule has 5 aromatic rings. The Morgan fingerprint density at radius 3 is 2.21 bits per heavy atom. The van der Waals surface area contributed by atoms with Gasteiger partial charge in [-0.2, -0.15) is 0 Å². The Balaban J connectivity index is 0.000000209. The zero-order valence-electron chi connectivity index (χ0n) is 18.5. The molecule has 0 saturated heterocycles. The van der Waals surface area contributed by atoms with Gasteiger partial charge in [-0.15, -0.1) is 24.0 Å². The second kappa shape index (κ2) is 11.4. The summed E-state index contributed by atoms with van der Waals surface area (Å²) in [6.07, 6.45) is 12.1. The van der Waals surface area contributed by atoms with Gasteiger partial charge in [-0.05, 0) is 54.1 Å². The van der Waals surface area contributed by atoms with E-state index in [9.17, 15) is 0 Å². The van der Waals surface area contributed by atoms with E-state index in [2.05, 4.69) is 69.9 Å². The van der Waals surface area contributed by atoms with E-state index >= 15 is 0 Å². The number of allylic oxidation sites excluding steroid dienone is 3. The standard InChI is InChI=1S/C21H16N2.C9H7N.HI/c1-3-10-20-16(6-1)12-14-18(22-20)8-5-9-19-15-13-17-7-2-4-11-21(17)23-19;1-2-6-9-8(4-1)5-3-7-10-9;/h1-15,22H;1-7H;1H. The summed E-state index contributed by atoms with van der Waals surface area (Å²) in [7, 11) is 0. The van der Waals surface area contributed by atoms with Crippen molar-refractivity contribution in [1.29, 1.82) is 0 Å². The molecule has 1 aliphatic heterocycles. The number of pyridine rings is 2. The van der Waals surface area contributed by atoms with Gasteiger partial charge in [-0.1, -0.05) is 78.9 Å². The Morgan fingerprint density at radius 2 is 1.35 bits per heavy atom. The molecular formula is C30H24IN3. The van der Waals surface area contributed by atoms with Crippen LogP contribution in [0.5, 0.6) is 0 Å². The first-order chi connectivity index (χ1) is 16.3. The highest BCUT2D eigenvalue weighted by Gasteiger charge is 2.04. The van der Waals surface area contributed by atoms with Crippen molar-refractivity contribution in [2.75, 3.05) is 5.32 Å². The molecule has 0 bridgehead atoms. The average Bonchev–Trinajstić information content (AvgIpc) is 2.89. The predicted octanol–water partition coefficient (Wildman–Crippen LogP) is 8.12. The molecule has 3 nitrogen and oxygen atoms in total. The van der Waals surface area contributed by atoms with Gasteiger partial charge in [0, 0.05) is 28.4 Å². The summed E-state index contributed by atoms with van der Waals surface area (Å²) in [6, 6.07) is 32.7. The molecule has 0 saturated carbocycles. The molecule has 0 unspecified atom stereocenters. The molecule has 2 aromatic heterocycles. The van der Waals surface area contributed by atoms with Crippen molar-refractivity contribution in [2.45, 2.75) is 0 Å². The molecule has 0 radical (unpaired) electrons. The Morgan fingerprint density at radius 1 is 0.647 bits per heavy atom. The summed E-state index contributed by atoms with van der Waals surface area (Å²) in [5, 5.41) is 5.78. The smallest absolute Gasteiger partial charge is 0.0709 e. The molecule has 1 aliphatic rings. The van der Waals surface area contributed by atoms with E-state index in [1.165, 1.54) is 10.9 Å². The van der Waals surface area contributed by atoms with Crippen molar-refractivity contribution in [1.82, 2.24) is 9.97 Å². The van der Waals surface area contributed by atoms with Crippen molar-refractivity contribution in [2.24, 2.45) is 0 Å². The fourth-order valence-electron chi connectivity index (χ4n) is 3.67. The van der Waals surface area contributed by atoms with Crippen LogP contribution in [0.4, 0.5) is 5.69 Å². The van der Waals surface area contributed by atoms with Gasteiger partial charge >= 0.3 is 0 Å². The third-order valence-electron chi connectivity index (χ3n) is 5.36. The lowest BCUT2D eigenvalue weighted by Crippen LogP contribution is -2.02. The number of hydrogen-bond donors (Lipinski definition) is 1. The average molecular weight is 553 g/mol. The van der Waals surface area contributed by atoms with E-state index in [0.717, 1.165) is 33.5 Å². The highest BCUT2D eigenvalue weighted by molar-refractivity contribution is 14.0. The van der Waals surface area contributed by atoms with E-state index in [1.807, 2.05) is 79.0 Å². The quantitative estimate of drug-likeness (QED) is 0.225. The number of fused-ring (bicyclic) bond motifs is 3. The van der Waals surface area contributed by atoms with E-state index in [0.29, 0.717) is 0 Å². The molecule has 0 amide bonds. The van der Waals surface area contributed by atoms with E-state index in [1.54, 1.807) is 0 Å². The predicted molar refractivity (Wildman–Crippen MR) is 155 cm³/mol. The van der Waals surface area contributed by atoms with Gasteiger partial charge in [0.2, 0.25) is 0 Å². The van der Waals surface area contributed by atoms with Gasteiger partial charge in [0.25, 0.3) is 0 Å². The van der Waals surface area contributed by atoms with Crippen LogP contribution in [-0.2, 0) is 0 Å². The summed E-state index contributed by atoms with van der Waals surface area (Å²) in [4.78, 5) is 8.82. The first-order valence-corrected chi connectivity index (χ1v) is 10.9. The number of hydrogen-bond acceptors (Lipinski definition) is 3. The van der Waals surface area contributed by atoms with Gasteiger partial charge in [-0.3, -0.25) is 4.98 Å². The van der Waals surface area contributed by atoms with Gasteiger partial charge in [0.05, 0.1) is 16.7 Å². The molecule has 4 heteroatoms. The van der Waals surface area contributed by atoms with Crippen LogP contribution in [0.15, 0.2) is 127 Å². The number of nitrogens with zero attached hydrogens (tertiary/aromatic N) is 2. The molecule has 0 aliphatic carbocycles. The maximum absolute atomic E-state index is 4.64. The lowest BCUT2D eigenvalue weighted by atomic mass is 10.1. The second-order valence-electron chi connectivity index (χ2n) is 7.65. The third kappa shape index (κ3) is 5.77. The van der Waals surface area contributed by atoms with E-state index in [4.69, 9.17) is 0 Å². The zero-order valence-corrected chi connectivity index (χ0v) is 20.8. The molecule has 6 rings (SSSR count). The minimum atomic E-state index is 0. The number of anilines is 1. The van der Waals surface area contributed by atoms with Crippen LogP contribution in [0.1, 0.15) is 11.3 Å². The minimum absolute atomic E-state index is 0. The number of para-hydroxylation sites is 3. The van der Waals surface area contributed by atoms with Crippen LogP contribution in [-0.4, -0.2) is 9.97 Å². The van der Waals surface area contributed by atoms with Crippen molar-refractivity contribution in [3.8, 4) is 0 Å². The van der Waals surface area contributed by atoms with Gasteiger partial charge < -0.3 is 5.32 Å². The summed E-state index contributed by atoms with van der Waals surface area (Å²) in [5.41, 5.74) is 6.46. The molecule has 3 aromatic carbocycles. The van der Waals surface area contributed by atoms with Crippen LogP contribution in [0.2, 0.25) is 0 Å². The van der Waals surface area contributed by atoms with Crippen molar-refractivity contribution < 1.29 is 0 Å². The molecule has 1 N–H and O–H groups in total. The number of nitrogens with one attached hydrogen (secondary N) is 1. The normalized spacial score (nSPS) is 13.1. The molecule has 0 fully saturated rings.